The molecule has 130 valence electrons. The number of aliphatic hydroxyl groups excluding tert-OH is 1. The molecule has 2 aliphatic heterocycles. The molecule has 0 aliphatic carbocycles. The summed E-state index contributed by atoms with van der Waals surface area (Å²) in [5, 5.41) is 15.1. The number of fused-ring (bicyclic) bond motifs is 1. The first kappa shape index (κ1) is 15.8. The second-order valence-electron chi connectivity index (χ2n) is 6.16. The number of rotatable bonds is 4. The van der Waals surface area contributed by atoms with Gasteiger partial charge in [0.15, 0.2) is 0 Å². The molecule has 0 radical (unpaired) electrons. The molecule has 0 unspecified atom stereocenters. The minimum Gasteiger partial charge on any atom is -0.395 e. The lowest BCUT2D eigenvalue weighted by Crippen LogP contribution is -2.50. The van der Waals surface area contributed by atoms with Crippen molar-refractivity contribution in [1.82, 2.24) is 20.2 Å². The molecule has 2 aromatic rings. The predicted molar refractivity (Wildman–Crippen MR) is 90.8 cm³/mol. The van der Waals surface area contributed by atoms with E-state index in [4.69, 9.17) is 0 Å². The van der Waals surface area contributed by atoms with Crippen molar-refractivity contribution in [1.29, 1.82) is 0 Å². The van der Waals surface area contributed by atoms with Crippen LogP contribution in [0.25, 0.3) is 11.4 Å². The summed E-state index contributed by atoms with van der Waals surface area (Å²) in [4.78, 5) is 29.5. The van der Waals surface area contributed by atoms with Gasteiger partial charge in [0, 0.05) is 38.2 Å². The van der Waals surface area contributed by atoms with Crippen molar-refractivity contribution in [3.8, 4) is 11.4 Å². The number of hydrogen-bond donors (Lipinski definition) is 3. The molecular formula is C17H19N5O3. The number of anilines is 1. The first-order chi connectivity index (χ1) is 12.2. The molecule has 3 amide bonds. The molecule has 0 atom stereocenters. The number of aliphatic hydroxyl groups is 1. The van der Waals surface area contributed by atoms with E-state index in [1.54, 1.807) is 6.20 Å². The first-order valence-electron chi connectivity index (χ1n) is 8.28. The number of nitrogens with zero attached hydrogens (tertiary/aromatic N) is 3. The Morgan fingerprint density at radius 3 is 2.84 bits per heavy atom. The zero-order valence-corrected chi connectivity index (χ0v) is 13.7. The van der Waals surface area contributed by atoms with Crippen molar-refractivity contribution >= 4 is 17.8 Å². The molecule has 0 spiro atoms. The van der Waals surface area contributed by atoms with Crippen LogP contribution in [0.4, 0.5) is 10.6 Å². The molecular weight excluding hydrogens is 322 g/mol. The van der Waals surface area contributed by atoms with Crippen molar-refractivity contribution in [2.75, 3.05) is 18.1 Å². The largest absolute Gasteiger partial charge is 0.395 e. The van der Waals surface area contributed by atoms with Crippen LogP contribution in [0.3, 0.4) is 0 Å². The predicted octanol–water partition coefficient (Wildman–Crippen LogP) is 0.592. The lowest BCUT2D eigenvalue weighted by atomic mass is 10.1. The van der Waals surface area contributed by atoms with E-state index in [0.717, 1.165) is 18.7 Å². The third-order valence-corrected chi connectivity index (χ3v) is 4.58. The SMILES string of the molecule is O=C1CCN(c2cnc(-c3ccc4c(c3)CNC4)n2CCO)C(=O)N1. The molecule has 4 rings (SSSR count). The smallest absolute Gasteiger partial charge is 0.329 e. The van der Waals surface area contributed by atoms with Gasteiger partial charge >= 0.3 is 6.03 Å². The van der Waals surface area contributed by atoms with Gasteiger partial charge in [-0.3, -0.25) is 15.0 Å². The van der Waals surface area contributed by atoms with Gasteiger partial charge in [0.1, 0.15) is 11.6 Å². The van der Waals surface area contributed by atoms with Crippen LogP contribution in [0.5, 0.6) is 0 Å². The molecule has 8 nitrogen and oxygen atoms in total. The summed E-state index contributed by atoms with van der Waals surface area (Å²) < 4.78 is 1.82. The molecule has 2 aliphatic rings. The molecule has 8 heteroatoms. The van der Waals surface area contributed by atoms with Gasteiger partial charge in [0.05, 0.1) is 12.8 Å². The molecule has 1 aromatic carbocycles. The van der Waals surface area contributed by atoms with Gasteiger partial charge < -0.3 is 15.0 Å². The summed E-state index contributed by atoms with van der Waals surface area (Å²) in [6, 6.07) is 5.72. The summed E-state index contributed by atoms with van der Waals surface area (Å²) in [5.74, 6) is 0.997. The lowest BCUT2D eigenvalue weighted by molar-refractivity contribution is -0.120. The van der Waals surface area contributed by atoms with Gasteiger partial charge in [0.25, 0.3) is 0 Å². The summed E-state index contributed by atoms with van der Waals surface area (Å²) in [7, 11) is 0. The third kappa shape index (κ3) is 2.79. The Morgan fingerprint density at radius 1 is 1.20 bits per heavy atom. The van der Waals surface area contributed by atoms with Crippen LogP contribution in [-0.2, 0) is 24.4 Å². The number of carbonyl (C=O) groups excluding carboxylic acids is 2. The fourth-order valence-electron chi connectivity index (χ4n) is 3.35. The topological polar surface area (TPSA) is 99.5 Å². The van der Waals surface area contributed by atoms with E-state index >= 15 is 0 Å². The van der Waals surface area contributed by atoms with E-state index < -0.39 is 6.03 Å². The van der Waals surface area contributed by atoms with Gasteiger partial charge in [-0.1, -0.05) is 12.1 Å². The number of aromatic nitrogens is 2. The second kappa shape index (κ2) is 6.30. The minimum absolute atomic E-state index is 0.0722. The molecule has 0 saturated carbocycles. The average Bonchev–Trinajstić information content (AvgIpc) is 3.21. The van der Waals surface area contributed by atoms with Gasteiger partial charge in [0.2, 0.25) is 5.91 Å². The summed E-state index contributed by atoms with van der Waals surface area (Å²) >= 11 is 0. The second-order valence-corrected chi connectivity index (χ2v) is 6.16. The van der Waals surface area contributed by atoms with Crippen LogP contribution in [-0.4, -0.2) is 39.7 Å². The van der Waals surface area contributed by atoms with E-state index in [9.17, 15) is 14.7 Å². The van der Waals surface area contributed by atoms with Crippen molar-refractivity contribution in [3.05, 3.63) is 35.5 Å². The van der Waals surface area contributed by atoms with Crippen molar-refractivity contribution < 1.29 is 14.7 Å². The maximum absolute atomic E-state index is 12.1. The number of benzene rings is 1. The van der Waals surface area contributed by atoms with Crippen LogP contribution in [0.2, 0.25) is 0 Å². The fourth-order valence-corrected chi connectivity index (χ4v) is 3.35. The normalized spacial score (nSPS) is 16.9. The maximum Gasteiger partial charge on any atom is 0.329 e. The van der Waals surface area contributed by atoms with Crippen LogP contribution in [0.15, 0.2) is 24.4 Å². The molecule has 0 bridgehead atoms. The highest BCUT2D eigenvalue weighted by molar-refractivity contribution is 6.05. The number of imidazole rings is 1. The number of amides is 3. The highest BCUT2D eigenvalue weighted by Crippen LogP contribution is 2.28. The summed E-state index contributed by atoms with van der Waals surface area (Å²) in [5.41, 5.74) is 3.45. The highest BCUT2D eigenvalue weighted by Gasteiger charge is 2.28. The van der Waals surface area contributed by atoms with Gasteiger partial charge in [-0.05, 0) is 17.2 Å². The van der Waals surface area contributed by atoms with Crippen molar-refractivity contribution in [3.63, 3.8) is 0 Å². The van der Waals surface area contributed by atoms with Crippen LogP contribution in [0, 0.1) is 0 Å². The molecule has 1 saturated heterocycles. The van der Waals surface area contributed by atoms with Gasteiger partial charge in [-0.25, -0.2) is 9.78 Å². The molecule has 3 heterocycles. The van der Waals surface area contributed by atoms with Crippen LogP contribution >= 0.6 is 0 Å². The fraction of sp³-hybridized carbons (Fsp3) is 0.353. The Bertz CT molecular complexity index is 845. The number of nitrogens with one attached hydrogen (secondary N) is 2. The molecule has 3 N–H and O–H groups in total. The molecule has 1 fully saturated rings. The average molecular weight is 341 g/mol. The van der Waals surface area contributed by atoms with E-state index in [1.807, 2.05) is 10.6 Å². The Hall–Kier alpha value is -2.71. The zero-order valence-electron chi connectivity index (χ0n) is 13.7. The number of urea groups is 1. The Labute approximate surface area is 144 Å². The van der Waals surface area contributed by atoms with E-state index in [-0.39, 0.29) is 18.9 Å². The number of carbonyl (C=O) groups is 2. The Kier molecular flexibility index (Phi) is 3.98. The summed E-state index contributed by atoms with van der Waals surface area (Å²) in [6.45, 7) is 2.24. The Morgan fingerprint density at radius 2 is 2.04 bits per heavy atom. The van der Waals surface area contributed by atoms with Gasteiger partial charge in [-0.2, -0.15) is 0 Å². The lowest BCUT2D eigenvalue weighted by Gasteiger charge is -2.27. The number of hydrogen-bond acceptors (Lipinski definition) is 5. The van der Waals surface area contributed by atoms with E-state index in [1.165, 1.54) is 16.0 Å². The minimum atomic E-state index is -0.458. The van der Waals surface area contributed by atoms with E-state index in [2.05, 4.69) is 27.8 Å². The first-order valence-corrected chi connectivity index (χ1v) is 8.28. The maximum atomic E-state index is 12.1. The molecule has 25 heavy (non-hydrogen) atoms. The standard InChI is InChI=1S/C17H19N5O3/c23-6-5-21-15(22-4-3-14(24)20-17(22)25)10-19-16(21)11-1-2-12-8-18-9-13(12)7-11/h1-2,7,10,18,23H,3-6,8-9H2,(H,20,24,25). The van der Waals surface area contributed by atoms with Crippen molar-refractivity contribution in [2.45, 2.75) is 26.1 Å². The highest BCUT2D eigenvalue weighted by atomic mass is 16.3. The van der Waals surface area contributed by atoms with Crippen molar-refractivity contribution in [2.24, 2.45) is 0 Å². The Balaban J connectivity index is 1.73. The van der Waals surface area contributed by atoms with Crippen LogP contribution < -0.4 is 15.5 Å². The van der Waals surface area contributed by atoms with Gasteiger partial charge in [-0.15, -0.1) is 0 Å². The van der Waals surface area contributed by atoms with Crippen LogP contribution in [0.1, 0.15) is 17.5 Å². The third-order valence-electron chi connectivity index (χ3n) is 4.58. The number of imide groups is 1. The zero-order chi connectivity index (χ0) is 17.4. The molecule has 1 aromatic heterocycles. The quantitative estimate of drug-likeness (QED) is 0.756. The van der Waals surface area contributed by atoms with E-state index in [0.29, 0.717) is 24.7 Å². The monoisotopic (exact) mass is 341 g/mol. The summed E-state index contributed by atoms with van der Waals surface area (Å²) in [6.07, 6.45) is 1.86.